The van der Waals surface area contributed by atoms with E-state index in [0.29, 0.717) is 5.92 Å². The number of benzene rings is 1. The van der Waals surface area contributed by atoms with E-state index in [2.05, 4.69) is 76.6 Å². The van der Waals surface area contributed by atoms with E-state index in [1.165, 1.54) is 39.1 Å². The predicted molar refractivity (Wildman–Crippen MR) is 119 cm³/mol. The molecule has 0 amide bonds. The molecule has 3 nitrogen and oxygen atoms in total. The third-order valence-electron chi connectivity index (χ3n) is 5.86. The van der Waals surface area contributed by atoms with Crippen LogP contribution in [0.2, 0.25) is 0 Å². The Morgan fingerprint density at radius 1 is 1.07 bits per heavy atom. The van der Waals surface area contributed by atoms with Gasteiger partial charge in [-0.2, -0.15) is 0 Å². The van der Waals surface area contributed by atoms with Gasteiger partial charge in [0.25, 0.3) is 6.33 Å². The molecule has 0 saturated carbocycles. The molecule has 0 atom stereocenters. The summed E-state index contributed by atoms with van der Waals surface area (Å²) in [7, 11) is 2.09. The number of pyridine rings is 1. The smallest absolute Gasteiger partial charge is 0.256 e. The summed E-state index contributed by atoms with van der Waals surface area (Å²) in [6.45, 7) is 11.1. The highest BCUT2D eigenvalue weighted by Gasteiger charge is 2.29. The molecule has 29 heavy (non-hydrogen) atoms. The first-order valence-corrected chi connectivity index (χ1v) is 10.5. The summed E-state index contributed by atoms with van der Waals surface area (Å²) in [5.41, 5.74) is 12.4. The van der Waals surface area contributed by atoms with Gasteiger partial charge in [-0.3, -0.25) is 4.98 Å². The zero-order chi connectivity index (χ0) is 20.7. The van der Waals surface area contributed by atoms with Crippen molar-refractivity contribution in [1.29, 1.82) is 0 Å². The van der Waals surface area contributed by atoms with Gasteiger partial charge in [0.05, 0.1) is 18.3 Å². The third kappa shape index (κ3) is 3.62. The monoisotopic (exact) mass is 384 g/mol. The Labute approximate surface area is 174 Å². The van der Waals surface area contributed by atoms with Gasteiger partial charge in [-0.05, 0) is 66.9 Å². The van der Waals surface area contributed by atoms with Crippen molar-refractivity contribution in [2.75, 3.05) is 0 Å². The number of rotatable bonds is 4. The highest BCUT2D eigenvalue weighted by Crippen LogP contribution is 2.36. The number of aryl methyl sites for hydroxylation is 3. The van der Waals surface area contributed by atoms with Gasteiger partial charge in [0, 0.05) is 23.8 Å². The number of allylic oxidation sites excluding steroid dienone is 1. The Bertz CT molecular complexity index is 1110. The second-order valence-corrected chi connectivity index (χ2v) is 8.76. The molecule has 0 fully saturated rings. The fraction of sp³-hybridized carbons (Fsp3) is 0.346. The van der Waals surface area contributed by atoms with Crippen LogP contribution in [0.4, 0.5) is 0 Å². The molecule has 0 N–H and O–H groups in total. The van der Waals surface area contributed by atoms with Crippen LogP contribution in [0.1, 0.15) is 53.1 Å². The molecule has 1 aromatic carbocycles. The highest BCUT2D eigenvalue weighted by atomic mass is 15.0. The van der Waals surface area contributed by atoms with Gasteiger partial charge in [-0.1, -0.05) is 37.6 Å². The average molecular weight is 385 g/mol. The maximum Gasteiger partial charge on any atom is 0.287 e. The lowest BCUT2D eigenvalue weighted by Gasteiger charge is -2.13. The van der Waals surface area contributed by atoms with E-state index in [4.69, 9.17) is 9.97 Å². The number of aromatic nitrogens is 3. The normalized spacial score (nSPS) is 13.0. The van der Waals surface area contributed by atoms with Crippen molar-refractivity contribution in [2.24, 2.45) is 13.0 Å². The Balaban J connectivity index is 1.78. The lowest BCUT2D eigenvalue weighted by Crippen LogP contribution is -2.33. The molecule has 0 aliphatic heterocycles. The second-order valence-electron chi connectivity index (χ2n) is 8.76. The SMILES string of the molecule is Cc1cc(C)c(C)c(-c2c3c(nc[n+]2C)C(c2ccc(CC(C)C)cn2)=CC3)c1. The molecule has 0 bridgehead atoms. The lowest BCUT2D eigenvalue weighted by atomic mass is 9.94. The summed E-state index contributed by atoms with van der Waals surface area (Å²) in [6, 6.07) is 8.91. The minimum atomic E-state index is 0.638. The summed E-state index contributed by atoms with van der Waals surface area (Å²) >= 11 is 0. The number of hydrogen-bond donors (Lipinski definition) is 0. The van der Waals surface area contributed by atoms with Gasteiger partial charge in [0.1, 0.15) is 5.69 Å². The largest absolute Gasteiger partial charge is 0.287 e. The third-order valence-corrected chi connectivity index (χ3v) is 5.86. The van der Waals surface area contributed by atoms with Crippen LogP contribution < -0.4 is 4.57 Å². The highest BCUT2D eigenvalue weighted by molar-refractivity contribution is 5.84. The van der Waals surface area contributed by atoms with Gasteiger partial charge in [0.15, 0.2) is 5.69 Å². The molecular formula is C26H30N3+. The number of nitrogens with zero attached hydrogens (tertiary/aromatic N) is 3. The molecule has 0 unspecified atom stereocenters. The summed E-state index contributed by atoms with van der Waals surface area (Å²) < 4.78 is 2.16. The molecule has 1 aliphatic rings. The van der Waals surface area contributed by atoms with Crippen molar-refractivity contribution < 1.29 is 4.57 Å². The van der Waals surface area contributed by atoms with Gasteiger partial charge in [-0.25, -0.2) is 4.57 Å². The molecule has 148 valence electrons. The Hall–Kier alpha value is -2.81. The standard InChI is InChI=1S/C26H30N3/c1-16(2)11-20-7-10-24(27-14-20)21-8-9-22-25(21)28-15-29(6)26(22)23-13-17(3)12-18(4)19(23)5/h7-8,10,12-16H,9,11H2,1-6H3/q+1. The van der Waals surface area contributed by atoms with E-state index in [1.807, 2.05) is 12.5 Å². The lowest BCUT2D eigenvalue weighted by molar-refractivity contribution is -0.663. The Morgan fingerprint density at radius 3 is 2.55 bits per heavy atom. The van der Waals surface area contributed by atoms with Crippen molar-refractivity contribution in [1.82, 2.24) is 9.97 Å². The zero-order valence-corrected chi connectivity index (χ0v) is 18.4. The second kappa shape index (κ2) is 7.55. The van der Waals surface area contributed by atoms with Crippen molar-refractivity contribution in [3.8, 4) is 11.3 Å². The van der Waals surface area contributed by atoms with Crippen LogP contribution in [-0.2, 0) is 19.9 Å². The average Bonchev–Trinajstić information content (AvgIpc) is 3.09. The predicted octanol–water partition coefficient (Wildman–Crippen LogP) is 5.08. The summed E-state index contributed by atoms with van der Waals surface area (Å²) in [5.74, 6) is 0.638. The van der Waals surface area contributed by atoms with Crippen molar-refractivity contribution in [3.63, 3.8) is 0 Å². The van der Waals surface area contributed by atoms with Crippen LogP contribution in [0.25, 0.3) is 16.8 Å². The Morgan fingerprint density at radius 2 is 1.86 bits per heavy atom. The molecule has 0 radical (unpaired) electrons. The van der Waals surface area contributed by atoms with Gasteiger partial charge < -0.3 is 0 Å². The molecule has 3 heteroatoms. The van der Waals surface area contributed by atoms with Crippen LogP contribution in [-0.4, -0.2) is 9.97 Å². The fourth-order valence-corrected chi connectivity index (χ4v) is 4.37. The molecule has 0 saturated heterocycles. The first-order valence-electron chi connectivity index (χ1n) is 10.5. The van der Waals surface area contributed by atoms with E-state index >= 15 is 0 Å². The van der Waals surface area contributed by atoms with E-state index in [0.717, 1.165) is 29.8 Å². The van der Waals surface area contributed by atoms with Crippen molar-refractivity contribution >= 4 is 5.57 Å². The Kier molecular flexibility index (Phi) is 5.08. The summed E-state index contributed by atoms with van der Waals surface area (Å²) in [5, 5.41) is 0. The maximum absolute atomic E-state index is 4.80. The van der Waals surface area contributed by atoms with Crippen LogP contribution in [0, 0.1) is 26.7 Å². The van der Waals surface area contributed by atoms with Crippen molar-refractivity contribution in [2.45, 2.75) is 47.5 Å². The first kappa shape index (κ1) is 19.5. The molecule has 1 aliphatic carbocycles. The van der Waals surface area contributed by atoms with E-state index in [-0.39, 0.29) is 0 Å². The van der Waals surface area contributed by atoms with Crippen LogP contribution in [0.3, 0.4) is 0 Å². The molecule has 2 aromatic heterocycles. The zero-order valence-electron chi connectivity index (χ0n) is 18.4. The van der Waals surface area contributed by atoms with Crippen LogP contribution in [0.5, 0.6) is 0 Å². The molecule has 2 heterocycles. The quantitative estimate of drug-likeness (QED) is 0.587. The molecular weight excluding hydrogens is 354 g/mol. The van der Waals surface area contributed by atoms with E-state index < -0.39 is 0 Å². The molecule has 3 aromatic rings. The molecule has 4 rings (SSSR count). The van der Waals surface area contributed by atoms with Gasteiger partial charge >= 0.3 is 0 Å². The first-order chi connectivity index (χ1) is 13.8. The van der Waals surface area contributed by atoms with E-state index in [1.54, 1.807) is 0 Å². The fourth-order valence-electron chi connectivity index (χ4n) is 4.37. The van der Waals surface area contributed by atoms with Crippen LogP contribution in [0.15, 0.2) is 42.9 Å². The topological polar surface area (TPSA) is 29.7 Å². The summed E-state index contributed by atoms with van der Waals surface area (Å²) in [6.07, 6.45) is 8.20. The van der Waals surface area contributed by atoms with Crippen molar-refractivity contribution in [3.05, 3.63) is 82.1 Å². The minimum Gasteiger partial charge on any atom is -0.256 e. The summed E-state index contributed by atoms with van der Waals surface area (Å²) in [4.78, 5) is 9.57. The minimum absolute atomic E-state index is 0.638. The molecule has 0 spiro atoms. The number of hydrogen-bond acceptors (Lipinski definition) is 2. The maximum atomic E-state index is 4.80. The van der Waals surface area contributed by atoms with E-state index in [9.17, 15) is 0 Å². The van der Waals surface area contributed by atoms with Crippen LogP contribution >= 0.6 is 0 Å². The van der Waals surface area contributed by atoms with Gasteiger partial charge in [-0.15, -0.1) is 0 Å². The van der Waals surface area contributed by atoms with Gasteiger partial charge in [0.2, 0.25) is 0 Å². The number of fused-ring (bicyclic) bond motifs is 1.